The maximum Gasteiger partial charge on any atom is 0.218 e. The van der Waals surface area contributed by atoms with Gasteiger partial charge in [0.25, 0.3) is 0 Å². The van der Waals surface area contributed by atoms with Crippen LogP contribution in [-0.2, 0) is 5.41 Å². The molecule has 0 saturated carbocycles. The molecule has 0 amide bonds. The van der Waals surface area contributed by atoms with Gasteiger partial charge in [-0.15, -0.1) is 0 Å². The average molecular weight is 251 g/mol. The molecular weight excluding hydrogens is 226 g/mol. The monoisotopic (exact) mass is 251 g/mol. The Kier molecular flexibility index (Phi) is 4.93. The Labute approximate surface area is 110 Å². The van der Waals surface area contributed by atoms with E-state index >= 15 is 0 Å². The molecule has 1 rings (SSSR count). The molecule has 4 heteroatoms. The summed E-state index contributed by atoms with van der Waals surface area (Å²) in [6, 6.07) is 1.84. The van der Waals surface area contributed by atoms with Crippen LogP contribution in [0.1, 0.15) is 46.9 Å². The Morgan fingerprint density at radius 3 is 2.44 bits per heavy atom. The minimum Gasteiger partial charge on any atom is -0.478 e. The van der Waals surface area contributed by atoms with E-state index in [4.69, 9.17) is 4.74 Å². The number of nitrogens with zero attached hydrogens (tertiary/aromatic N) is 2. The molecule has 0 aliphatic heterocycles. The maximum absolute atomic E-state index is 5.70. The highest BCUT2D eigenvalue weighted by molar-refractivity contribution is 5.38. The van der Waals surface area contributed by atoms with Gasteiger partial charge in [0.05, 0.1) is 6.61 Å². The van der Waals surface area contributed by atoms with Crippen LogP contribution in [0, 0.1) is 5.92 Å². The molecule has 0 fully saturated rings. The molecule has 4 nitrogen and oxygen atoms in total. The number of anilines is 1. The highest BCUT2D eigenvalue weighted by atomic mass is 16.5. The van der Waals surface area contributed by atoms with Crippen LogP contribution in [0.2, 0.25) is 0 Å². The molecule has 1 heterocycles. The second-order valence-corrected chi connectivity index (χ2v) is 5.95. The Morgan fingerprint density at radius 2 is 1.94 bits per heavy atom. The molecule has 0 bridgehead atoms. The van der Waals surface area contributed by atoms with Gasteiger partial charge in [0.15, 0.2) is 0 Å². The second-order valence-electron chi connectivity index (χ2n) is 5.95. The molecule has 0 aliphatic rings. The molecule has 0 unspecified atom stereocenters. The molecule has 102 valence electrons. The zero-order valence-electron chi connectivity index (χ0n) is 12.4. The molecule has 0 aliphatic carbocycles. The van der Waals surface area contributed by atoms with Crippen molar-refractivity contribution in [3.63, 3.8) is 0 Å². The van der Waals surface area contributed by atoms with Crippen molar-refractivity contribution in [3.05, 3.63) is 11.9 Å². The van der Waals surface area contributed by atoms with Crippen molar-refractivity contribution >= 4 is 5.82 Å². The van der Waals surface area contributed by atoms with Gasteiger partial charge in [0.2, 0.25) is 5.88 Å². The summed E-state index contributed by atoms with van der Waals surface area (Å²) in [6.45, 7) is 11.4. The van der Waals surface area contributed by atoms with Gasteiger partial charge in [-0.1, -0.05) is 34.6 Å². The van der Waals surface area contributed by atoms with E-state index in [9.17, 15) is 0 Å². The first-order valence-corrected chi connectivity index (χ1v) is 6.53. The topological polar surface area (TPSA) is 47.0 Å². The van der Waals surface area contributed by atoms with Crippen molar-refractivity contribution in [1.82, 2.24) is 9.97 Å². The van der Waals surface area contributed by atoms with E-state index in [2.05, 4.69) is 49.9 Å². The lowest BCUT2D eigenvalue weighted by Gasteiger charge is -2.18. The molecule has 1 aromatic heterocycles. The van der Waals surface area contributed by atoms with Gasteiger partial charge < -0.3 is 10.1 Å². The lowest BCUT2D eigenvalue weighted by molar-refractivity contribution is 0.276. The Balaban J connectivity index is 2.84. The summed E-state index contributed by atoms with van der Waals surface area (Å²) in [4.78, 5) is 8.94. The van der Waals surface area contributed by atoms with E-state index in [0.717, 1.165) is 18.1 Å². The molecule has 0 atom stereocenters. The standard InChI is InChI=1S/C14H25N3O/c1-10(2)7-8-18-12-9-11(15-6)16-13(17-12)14(3,4)5/h9-10H,7-8H2,1-6H3,(H,15,16,17). The highest BCUT2D eigenvalue weighted by Gasteiger charge is 2.19. The minimum absolute atomic E-state index is 0.0803. The average Bonchev–Trinajstić information content (AvgIpc) is 2.27. The van der Waals surface area contributed by atoms with Gasteiger partial charge in [-0.25, -0.2) is 4.98 Å². The van der Waals surface area contributed by atoms with Crippen molar-refractivity contribution in [1.29, 1.82) is 0 Å². The fourth-order valence-electron chi connectivity index (χ4n) is 1.36. The lowest BCUT2D eigenvalue weighted by Crippen LogP contribution is -2.17. The summed E-state index contributed by atoms with van der Waals surface area (Å²) >= 11 is 0. The third-order valence-corrected chi connectivity index (χ3v) is 2.57. The summed E-state index contributed by atoms with van der Waals surface area (Å²) in [5.41, 5.74) is -0.0803. The summed E-state index contributed by atoms with van der Waals surface area (Å²) in [5.74, 6) is 2.89. The molecule has 1 N–H and O–H groups in total. The number of hydrogen-bond acceptors (Lipinski definition) is 4. The van der Waals surface area contributed by atoms with Crippen molar-refractivity contribution < 1.29 is 4.74 Å². The Morgan fingerprint density at radius 1 is 1.28 bits per heavy atom. The lowest BCUT2D eigenvalue weighted by atomic mass is 9.96. The Hall–Kier alpha value is -1.32. The molecule has 0 spiro atoms. The van der Waals surface area contributed by atoms with Crippen LogP contribution in [0.3, 0.4) is 0 Å². The quantitative estimate of drug-likeness (QED) is 0.872. The third kappa shape index (κ3) is 4.51. The first kappa shape index (κ1) is 14.7. The minimum atomic E-state index is -0.0803. The predicted molar refractivity (Wildman–Crippen MR) is 75.2 cm³/mol. The second kappa shape index (κ2) is 6.03. The third-order valence-electron chi connectivity index (χ3n) is 2.57. The van der Waals surface area contributed by atoms with E-state index < -0.39 is 0 Å². The fraction of sp³-hybridized carbons (Fsp3) is 0.714. The largest absolute Gasteiger partial charge is 0.478 e. The smallest absolute Gasteiger partial charge is 0.218 e. The van der Waals surface area contributed by atoms with Crippen molar-refractivity contribution in [3.8, 4) is 5.88 Å². The van der Waals surface area contributed by atoms with Crippen LogP contribution < -0.4 is 10.1 Å². The zero-order chi connectivity index (χ0) is 13.8. The van der Waals surface area contributed by atoms with Gasteiger partial charge >= 0.3 is 0 Å². The van der Waals surface area contributed by atoms with Crippen LogP contribution in [0.25, 0.3) is 0 Å². The Bertz CT molecular complexity index is 383. The van der Waals surface area contributed by atoms with Gasteiger partial charge in [0.1, 0.15) is 11.6 Å². The molecular formula is C14H25N3O. The molecule has 0 radical (unpaired) electrons. The fourth-order valence-corrected chi connectivity index (χ4v) is 1.36. The molecule has 0 saturated heterocycles. The van der Waals surface area contributed by atoms with E-state index in [1.165, 1.54) is 0 Å². The first-order valence-electron chi connectivity index (χ1n) is 6.53. The van der Waals surface area contributed by atoms with Crippen LogP contribution in [-0.4, -0.2) is 23.6 Å². The number of hydrogen-bond donors (Lipinski definition) is 1. The normalized spacial score (nSPS) is 11.7. The number of aromatic nitrogens is 2. The summed E-state index contributed by atoms with van der Waals surface area (Å²) in [6.07, 6.45) is 1.03. The van der Waals surface area contributed by atoms with Gasteiger partial charge in [-0.2, -0.15) is 4.98 Å². The van der Waals surface area contributed by atoms with Crippen LogP contribution in [0.5, 0.6) is 5.88 Å². The SMILES string of the molecule is CNc1cc(OCCC(C)C)nc(C(C)(C)C)n1. The van der Waals surface area contributed by atoms with Gasteiger partial charge in [-0.05, 0) is 12.3 Å². The van der Waals surface area contributed by atoms with E-state index in [1.807, 2.05) is 13.1 Å². The van der Waals surface area contributed by atoms with Gasteiger partial charge in [0, 0.05) is 18.5 Å². The van der Waals surface area contributed by atoms with Crippen LogP contribution in [0.4, 0.5) is 5.82 Å². The van der Waals surface area contributed by atoms with Crippen LogP contribution >= 0.6 is 0 Å². The first-order chi connectivity index (χ1) is 8.32. The summed E-state index contributed by atoms with van der Waals surface area (Å²) in [5, 5.41) is 3.05. The van der Waals surface area contributed by atoms with Crippen molar-refractivity contribution in [2.75, 3.05) is 19.0 Å². The number of nitrogens with one attached hydrogen (secondary N) is 1. The molecule has 18 heavy (non-hydrogen) atoms. The maximum atomic E-state index is 5.70. The van der Waals surface area contributed by atoms with Crippen molar-refractivity contribution in [2.45, 2.75) is 46.5 Å². The number of rotatable bonds is 5. The zero-order valence-corrected chi connectivity index (χ0v) is 12.4. The highest BCUT2D eigenvalue weighted by Crippen LogP contribution is 2.23. The molecule has 0 aromatic carbocycles. The van der Waals surface area contributed by atoms with Crippen molar-refractivity contribution in [2.24, 2.45) is 5.92 Å². The predicted octanol–water partition coefficient (Wildman–Crippen LogP) is 3.24. The number of ether oxygens (including phenoxy) is 1. The van der Waals surface area contributed by atoms with E-state index in [1.54, 1.807) is 0 Å². The summed E-state index contributed by atoms with van der Waals surface area (Å²) < 4.78 is 5.70. The molecule has 1 aromatic rings. The van der Waals surface area contributed by atoms with E-state index in [0.29, 0.717) is 18.4 Å². The summed E-state index contributed by atoms with van der Waals surface area (Å²) in [7, 11) is 1.85. The van der Waals surface area contributed by atoms with E-state index in [-0.39, 0.29) is 5.41 Å². The van der Waals surface area contributed by atoms with Gasteiger partial charge in [-0.3, -0.25) is 0 Å². The van der Waals surface area contributed by atoms with Crippen LogP contribution in [0.15, 0.2) is 6.07 Å².